The molecule has 0 unspecified atom stereocenters. The van der Waals surface area contributed by atoms with Crippen LogP contribution in [0.4, 0.5) is 0 Å². The Morgan fingerprint density at radius 3 is 2.18 bits per heavy atom. The van der Waals surface area contributed by atoms with Crippen LogP contribution in [0.25, 0.3) is 0 Å². The summed E-state index contributed by atoms with van der Waals surface area (Å²) in [5.74, 6) is 0.0172. The van der Waals surface area contributed by atoms with E-state index < -0.39 is 10.0 Å². The number of piperazine rings is 1. The van der Waals surface area contributed by atoms with Gasteiger partial charge >= 0.3 is 0 Å². The number of amides is 1. The van der Waals surface area contributed by atoms with Gasteiger partial charge in [-0.25, -0.2) is 8.42 Å². The standard InChI is InChI=1S/C20H24ClN3O3S/c1-22(2)20(25)19(16-8-4-3-5-9-16)23-12-14-24(15-13-23)28(26,27)18-11-7-6-10-17(18)21/h3-11,19H,12-15H2,1-2H3/p+1/t19-/m1/s1. The van der Waals surface area contributed by atoms with Crippen LogP contribution >= 0.6 is 11.6 Å². The molecule has 1 aliphatic rings. The Morgan fingerprint density at radius 1 is 1.04 bits per heavy atom. The van der Waals surface area contributed by atoms with E-state index in [9.17, 15) is 13.2 Å². The first kappa shape index (κ1) is 20.8. The molecule has 0 aromatic heterocycles. The average Bonchev–Trinajstić information content (AvgIpc) is 2.69. The van der Waals surface area contributed by atoms with E-state index in [-0.39, 0.29) is 21.9 Å². The number of hydrogen-bond donors (Lipinski definition) is 1. The highest BCUT2D eigenvalue weighted by atomic mass is 35.5. The molecule has 1 saturated heterocycles. The number of rotatable bonds is 5. The fourth-order valence-electron chi connectivity index (χ4n) is 3.55. The van der Waals surface area contributed by atoms with Crippen molar-refractivity contribution in [2.75, 3.05) is 40.3 Å². The monoisotopic (exact) mass is 422 g/mol. The maximum Gasteiger partial charge on any atom is 0.285 e. The maximum atomic E-state index is 13.0. The summed E-state index contributed by atoms with van der Waals surface area (Å²) in [4.78, 5) is 15.6. The molecule has 1 fully saturated rings. The number of sulfonamides is 1. The van der Waals surface area contributed by atoms with Crippen molar-refractivity contribution in [1.29, 1.82) is 0 Å². The largest absolute Gasteiger partial charge is 0.343 e. The van der Waals surface area contributed by atoms with E-state index in [2.05, 4.69) is 0 Å². The molecule has 1 amide bonds. The summed E-state index contributed by atoms with van der Waals surface area (Å²) in [6.07, 6.45) is 0. The molecule has 1 atom stereocenters. The lowest BCUT2D eigenvalue weighted by Gasteiger charge is -2.36. The van der Waals surface area contributed by atoms with Gasteiger partial charge in [0.05, 0.1) is 31.2 Å². The van der Waals surface area contributed by atoms with Crippen LogP contribution in [0, 0.1) is 0 Å². The molecular weight excluding hydrogens is 398 g/mol. The van der Waals surface area contributed by atoms with Crippen LogP contribution in [0.2, 0.25) is 5.02 Å². The number of quaternary nitrogens is 1. The molecule has 150 valence electrons. The quantitative estimate of drug-likeness (QED) is 0.783. The van der Waals surface area contributed by atoms with Crippen molar-refractivity contribution in [2.45, 2.75) is 10.9 Å². The topological polar surface area (TPSA) is 62.1 Å². The highest BCUT2D eigenvalue weighted by Gasteiger charge is 2.38. The number of carbonyl (C=O) groups is 1. The number of hydrogen-bond acceptors (Lipinski definition) is 3. The van der Waals surface area contributed by atoms with Crippen LogP contribution in [0.15, 0.2) is 59.5 Å². The highest BCUT2D eigenvalue weighted by Crippen LogP contribution is 2.24. The van der Waals surface area contributed by atoms with Gasteiger partial charge in [-0.2, -0.15) is 4.31 Å². The molecule has 28 heavy (non-hydrogen) atoms. The minimum atomic E-state index is -3.65. The van der Waals surface area contributed by atoms with Crippen molar-refractivity contribution >= 4 is 27.5 Å². The van der Waals surface area contributed by atoms with E-state index >= 15 is 0 Å². The van der Waals surface area contributed by atoms with Gasteiger partial charge in [0.15, 0.2) is 6.04 Å². The maximum absolute atomic E-state index is 13.0. The second-order valence-corrected chi connectivity index (χ2v) is 9.38. The van der Waals surface area contributed by atoms with Crippen LogP contribution in [0.5, 0.6) is 0 Å². The van der Waals surface area contributed by atoms with Crippen molar-refractivity contribution in [1.82, 2.24) is 9.21 Å². The zero-order valence-electron chi connectivity index (χ0n) is 16.0. The summed E-state index contributed by atoms with van der Waals surface area (Å²) in [6, 6.07) is 15.8. The zero-order chi connectivity index (χ0) is 20.3. The van der Waals surface area contributed by atoms with Crippen molar-refractivity contribution in [2.24, 2.45) is 0 Å². The van der Waals surface area contributed by atoms with Crippen molar-refractivity contribution in [3.63, 3.8) is 0 Å². The van der Waals surface area contributed by atoms with Crippen LogP contribution in [-0.4, -0.2) is 63.8 Å². The molecule has 0 aliphatic carbocycles. The third-order valence-electron chi connectivity index (χ3n) is 5.05. The summed E-state index contributed by atoms with van der Waals surface area (Å²) >= 11 is 6.10. The van der Waals surface area contributed by atoms with Crippen LogP contribution < -0.4 is 4.90 Å². The van der Waals surface area contributed by atoms with Crippen molar-refractivity contribution < 1.29 is 18.1 Å². The lowest BCUT2D eigenvalue weighted by Crippen LogP contribution is -3.16. The van der Waals surface area contributed by atoms with Crippen molar-refractivity contribution in [3.8, 4) is 0 Å². The average molecular weight is 423 g/mol. The lowest BCUT2D eigenvalue weighted by molar-refractivity contribution is -0.925. The predicted octanol–water partition coefficient (Wildman–Crippen LogP) is 1.06. The zero-order valence-corrected chi connectivity index (χ0v) is 17.6. The molecule has 0 bridgehead atoms. The minimum Gasteiger partial charge on any atom is -0.343 e. The second kappa shape index (κ2) is 8.61. The van der Waals surface area contributed by atoms with E-state index in [4.69, 9.17) is 11.6 Å². The van der Waals surface area contributed by atoms with Crippen LogP contribution in [0.1, 0.15) is 11.6 Å². The molecule has 1 N–H and O–H groups in total. The number of benzene rings is 2. The van der Waals surface area contributed by atoms with Gasteiger partial charge in [-0.15, -0.1) is 0 Å². The molecule has 1 aliphatic heterocycles. The molecule has 1 heterocycles. The Balaban J connectivity index is 1.79. The first-order chi connectivity index (χ1) is 13.3. The number of halogens is 1. The SMILES string of the molecule is CN(C)C(=O)[C@@H](c1ccccc1)[NH+]1CCN(S(=O)(=O)c2ccccc2Cl)CC1. The van der Waals surface area contributed by atoms with Gasteiger partial charge in [-0.1, -0.05) is 54.1 Å². The predicted molar refractivity (Wildman–Crippen MR) is 109 cm³/mol. The van der Waals surface area contributed by atoms with Crippen molar-refractivity contribution in [3.05, 3.63) is 65.2 Å². The molecule has 0 radical (unpaired) electrons. The van der Waals surface area contributed by atoms with E-state index in [1.807, 2.05) is 30.3 Å². The normalized spacial score (nSPS) is 17.2. The van der Waals surface area contributed by atoms with E-state index in [1.165, 1.54) is 10.4 Å². The Labute approximate surface area is 171 Å². The Hall–Kier alpha value is -1.93. The molecule has 0 spiro atoms. The summed E-state index contributed by atoms with van der Waals surface area (Å²) in [7, 11) is -0.159. The number of nitrogens with one attached hydrogen (secondary N) is 1. The Kier molecular flexibility index (Phi) is 6.40. The second-order valence-electron chi connectivity index (χ2n) is 7.07. The van der Waals surface area contributed by atoms with Crippen LogP contribution in [-0.2, 0) is 14.8 Å². The van der Waals surface area contributed by atoms with Gasteiger partial charge in [0.1, 0.15) is 4.90 Å². The first-order valence-corrected chi connectivity index (χ1v) is 11.0. The van der Waals surface area contributed by atoms with Gasteiger partial charge < -0.3 is 9.80 Å². The third-order valence-corrected chi connectivity index (χ3v) is 7.45. The lowest BCUT2D eigenvalue weighted by atomic mass is 10.0. The molecular formula is C20H25ClN3O3S+. The highest BCUT2D eigenvalue weighted by molar-refractivity contribution is 7.89. The van der Waals surface area contributed by atoms with Gasteiger partial charge in [-0.3, -0.25) is 4.79 Å². The van der Waals surface area contributed by atoms with E-state index in [1.54, 1.807) is 37.2 Å². The molecule has 3 rings (SSSR count). The van der Waals surface area contributed by atoms with Gasteiger partial charge in [-0.05, 0) is 12.1 Å². The van der Waals surface area contributed by atoms with Gasteiger partial charge in [0, 0.05) is 19.7 Å². The fourth-order valence-corrected chi connectivity index (χ4v) is 5.49. The summed E-state index contributed by atoms with van der Waals surface area (Å²) < 4.78 is 27.4. The molecule has 2 aromatic carbocycles. The third kappa shape index (κ3) is 4.22. The summed E-state index contributed by atoms with van der Waals surface area (Å²) in [5, 5.41) is 0.224. The van der Waals surface area contributed by atoms with E-state index in [0.717, 1.165) is 10.5 Å². The summed E-state index contributed by atoms with van der Waals surface area (Å²) in [5.41, 5.74) is 0.943. The molecule has 2 aromatic rings. The smallest absolute Gasteiger partial charge is 0.285 e. The van der Waals surface area contributed by atoms with Crippen LogP contribution in [0.3, 0.4) is 0 Å². The first-order valence-electron chi connectivity index (χ1n) is 9.17. The minimum absolute atomic E-state index is 0.0172. The molecule has 8 heteroatoms. The summed E-state index contributed by atoms with van der Waals surface area (Å²) in [6.45, 7) is 1.77. The van der Waals surface area contributed by atoms with Gasteiger partial charge in [0.25, 0.3) is 5.91 Å². The molecule has 6 nitrogen and oxygen atoms in total. The van der Waals surface area contributed by atoms with E-state index in [0.29, 0.717) is 26.2 Å². The van der Waals surface area contributed by atoms with Gasteiger partial charge in [0.2, 0.25) is 10.0 Å². The Morgan fingerprint density at radius 2 is 1.61 bits per heavy atom. The Bertz CT molecular complexity index is 927. The number of carbonyl (C=O) groups excluding carboxylic acids is 1. The fraction of sp³-hybridized carbons (Fsp3) is 0.350. The number of nitrogens with zero attached hydrogens (tertiary/aromatic N) is 2. The number of likely N-dealkylation sites (N-methyl/N-ethyl adjacent to an activating group) is 1. The molecule has 0 saturated carbocycles.